The molecule has 2 aromatic rings. The van der Waals surface area contributed by atoms with Crippen LogP contribution in [0.3, 0.4) is 0 Å². The zero-order valence-corrected chi connectivity index (χ0v) is 13.0. The second-order valence-electron chi connectivity index (χ2n) is 4.30. The van der Waals surface area contributed by atoms with E-state index in [0.29, 0.717) is 17.8 Å². The van der Waals surface area contributed by atoms with E-state index in [-0.39, 0.29) is 5.91 Å². The average Bonchev–Trinajstić information content (AvgIpc) is 2.91. The van der Waals surface area contributed by atoms with Gasteiger partial charge in [0.1, 0.15) is 0 Å². The van der Waals surface area contributed by atoms with E-state index in [0.717, 1.165) is 10.9 Å². The smallest absolute Gasteiger partial charge is 0.254 e. The highest BCUT2D eigenvalue weighted by Gasteiger charge is 2.15. The molecule has 0 saturated carbocycles. The number of nitrogens with zero attached hydrogens (tertiary/aromatic N) is 1. The molecule has 1 aromatic heterocycles. The van der Waals surface area contributed by atoms with E-state index in [9.17, 15) is 4.79 Å². The molecule has 0 aliphatic carbocycles. The molecule has 2 rings (SSSR count). The van der Waals surface area contributed by atoms with Crippen LogP contribution >= 0.6 is 27.3 Å². The van der Waals surface area contributed by atoms with Gasteiger partial charge in [-0.1, -0.05) is 6.07 Å². The SMILES string of the molecule is CN(CCc1cccs1)C(=O)c1cc(N)ccc1Br. The van der Waals surface area contributed by atoms with E-state index < -0.39 is 0 Å². The lowest BCUT2D eigenvalue weighted by Gasteiger charge is -2.17. The molecule has 0 spiro atoms. The van der Waals surface area contributed by atoms with Crippen LogP contribution in [0.2, 0.25) is 0 Å². The van der Waals surface area contributed by atoms with E-state index in [1.54, 1.807) is 34.4 Å². The molecule has 100 valence electrons. The number of amides is 1. The molecule has 19 heavy (non-hydrogen) atoms. The molecule has 1 heterocycles. The van der Waals surface area contributed by atoms with Crippen LogP contribution in [0.25, 0.3) is 0 Å². The Morgan fingerprint density at radius 3 is 2.89 bits per heavy atom. The van der Waals surface area contributed by atoms with E-state index in [4.69, 9.17) is 5.73 Å². The number of nitrogen functional groups attached to an aromatic ring is 1. The molecule has 0 atom stereocenters. The van der Waals surface area contributed by atoms with Crippen molar-refractivity contribution in [3.63, 3.8) is 0 Å². The van der Waals surface area contributed by atoms with Gasteiger partial charge in [0.05, 0.1) is 5.56 Å². The lowest BCUT2D eigenvalue weighted by atomic mass is 10.1. The number of likely N-dealkylation sites (N-methyl/N-ethyl adjacent to an activating group) is 1. The molecular weight excluding hydrogens is 324 g/mol. The molecule has 0 unspecified atom stereocenters. The molecular formula is C14H15BrN2OS. The maximum absolute atomic E-state index is 12.3. The number of anilines is 1. The largest absolute Gasteiger partial charge is 0.399 e. The van der Waals surface area contributed by atoms with Crippen LogP contribution in [0.5, 0.6) is 0 Å². The molecule has 0 aliphatic rings. The molecule has 0 saturated heterocycles. The summed E-state index contributed by atoms with van der Waals surface area (Å²) < 4.78 is 0.773. The summed E-state index contributed by atoms with van der Waals surface area (Å²) in [6.45, 7) is 0.695. The summed E-state index contributed by atoms with van der Waals surface area (Å²) in [6, 6.07) is 9.38. The first-order valence-electron chi connectivity index (χ1n) is 5.91. The van der Waals surface area contributed by atoms with E-state index in [2.05, 4.69) is 22.0 Å². The third kappa shape index (κ3) is 3.58. The van der Waals surface area contributed by atoms with Crippen molar-refractivity contribution in [3.05, 3.63) is 50.6 Å². The topological polar surface area (TPSA) is 46.3 Å². The first-order chi connectivity index (χ1) is 9.08. The Morgan fingerprint density at radius 2 is 2.21 bits per heavy atom. The van der Waals surface area contributed by atoms with Crippen molar-refractivity contribution < 1.29 is 4.79 Å². The van der Waals surface area contributed by atoms with E-state index >= 15 is 0 Å². The predicted octanol–water partition coefficient (Wildman–Crippen LogP) is 3.41. The van der Waals surface area contributed by atoms with Gasteiger partial charge in [0.2, 0.25) is 0 Å². The molecule has 2 N–H and O–H groups in total. The van der Waals surface area contributed by atoms with Gasteiger partial charge in [-0.25, -0.2) is 0 Å². The molecule has 1 amide bonds. The highest BCUT2D eigenvalue weighted by molar-refractivity contribution is 9.10. The summed E-state index contributed by atoms with van der Waals surface area (Å²) in [5.74, 6) is -0.0178. The van der Waals surface area contributed by atoms with Gasteiger partial charge >= 0.3 is 0 Å². The number of nitrogens with two attached hydrogens (primary N) is 1. The third-order valence-corrected chi connectivity index (χ3v) is 4.47. The highest BCUT2D eigenvalue weighted by atomic mass is 79.9. The minimum atomic E-state index is -0.0178. The van der Waals surface area contributed by atoms with Gasteiger partial charge in [0, 0.05) is 28.6 Å². The summed E-state index contributed by atoms with van der Waals surface area (Å²) in [5.41, 5.74) is 6.93. The first-order valence-corrected chi connectivity index (χ1v) is 7.58. The van der Waals surface area contributed by atoms with Crippen LogP contribution in [-0.4, -0.2) is 24.4 Å². The van der Waals surface area contributed by atoms with Crippen molar-refractivity contribution in [3.8, 4) is 0 Å². The van der Waals surface area contributed by atoms with Crippen molar-refractivity contribution in [1.82, 2.24) is 4.90 Å². The van der Waals surface area contributed by atoms with Crippen molar-refractivity contribution in [2.24, 2.45) is 0 Å². The minimum absolute atomic E-state index is 0.0178. The normalized spacial score (nSPS) is 10.4. The Morgan fingerprint density at radius 1 is 1.42 bits per heavy atom. The summed E-state index contributed by atoms with van der Waals surface area (Å²) in [7, 11) is 1.81. The standard InChI is InChI=1S/C14H15BrN2OS/c1-17(7-6-11-3-2-8-19-11)14(18)12-9-10(16)4-5-13(12)15/h2-5,8-9H,6-7,16H2,1H3. The monoisotopic (exact) mass is 338 g/mol. The maximum Gasteiger partial charge on any atom is 0.254 e. The highest BCUT2D eigenvalue weighted by Crippen LogP contribution is 2.21. The molecule has 0 aliphatic heterocycles. The molecule has 0 fully saturated rings. The summed E-state index contributed by atoms with van der Waals surface area (Å²) in [6.07, 6.45) is 0.875. The third-order valence-electron chi connectivity index (χ3n) is 2.84. The van der Waals surface area contributed by atoms with Crippen LogP contribution in [0.4, 0.5) is 5.69 Å². The van der Waals surface area contributed by atoms with Crippen molar-refractivity contribution in [2.45, 2.75) is 6.42 Å². The first kappa shape index (κ1) is 14.1. The number of halogens is 1. The van der Waals surface area contributed by atoms with Gasteiger partial charge in [0.15, 0.2) is 0 Å². The van der Waals surface area contributed by atoms with Crippen LogP contribution in [0.1, 0.15) is 15.2 Å². The van der Waals surface area contributed by atoms with Gasteiger partial charge in [-0.3, -0.25) is 4.79 Å². The lowest BCUT2D eigenvalue weighted by Crippen LogP contribution is -2.29. The molecule has 3 nitrogen and oxygen atoms in total. The number of hydrogen-bond donors (Lipinski definition) is 1. The van der Waals surface area contributed by atoms with Crippen LogP contribution in [-0.2, 0) is 6.42 Å². The van der Waals surface area contributed by atoms with Gasteiger partial charge in [-0.05, 0) is 52.0 Å². The van der Waals surface area contributed by atoms with Crippen molar-refractivity contribution in [2.75, 3.05) is 19.3 Å². The average molecular weight is 339 g/mol. The quantitative estimate of drug-likeness (QED) is 0.868. The Hall–Kier alpha value is -1.33. The summed E-state index contributed by atoms with van der Waals surface area (Å²) in [5, 5.41) is 2.05. The van der Waals surface area contributed by atoms with E-state index in [1.807, 2.05) is 18.5 Å². The van der Waals surface area contributed by atoms with Crippen LogP contribution < -0.4 is 5.73 Å². The number of carbonyl (C=O) groups excluding carboxylic acids is 1. The summed E-state index contributed by atoms with van der Waals surface area (Å²) in [4.78, 5) is 15.3. The number of carbonyl (C=O) groups is 1. The van der Waals surface area contributed by atoms with Gasteiger partial charge in [-0.2, -0.15) is 0 Å². The second-order valence-corrected chi connectivity index (χ2v) is 6.18. The zero-order chi connectivity index (χ0) is 13.8. The number of hydrogen-bond acceptors (Lipinski definition) is 3. The molecule has 1 aromatic carbocycles. The Labute approximate surface area is 125 Å². The van der Waals surface area contributed by atoms with Gasteiger partial charge in [-0.15, -0.1) is 11.3 Å². The Bertz CT molecular complexity index is 569. The minimum Gasteiger partial charge on any atom is -0.399 e. The number of benzene rings is 1. The number of rotatable bonds is 4. The second kappa shape index (κ2) is 6.21. The zero-order valence-electron chi connectivity index (χ0n) is 10.6. The molecule has 0 bridgehead atoms. The lowest BCUT2D eigenvalue weighted by molar-refractivity contribution is 0.0796. The fraction of sp³-hybridized carbons (Fsp3) is 0.214. The van der Waals surface area contributed by atoms with E-state index in [1.165, 1.54) is 4.88 Å². The number of thiophene rings is 1. The Balaban J connectivity index is 2.04. The molecule has 0 radical (unpaired) electrons. The van der Waals surface area contributed by atoms with Crippen molar-refractivity contribution >= 4 is 38.9 Å². The Kier molecular flexibility index (Phi) is 4.61. The fourth-order valence-electron chi connectivity index (χ4n) is 1.75. The maximum atomic E-state index is 12.3. The fourth-order valence-corrected chi connectivity index (χ4v) is 2.86. The predicted molar refractivity (Wildman–Crippen MR) is 83.5 cm³/mol. The summed E-state index contributed by atoms with van der Waals surface area (Å²) >= 11 is 5.10. The van der Waals surface area contributed by atoms with Crippen LogP contribution in [0.15, 0.2) is 40.2 Å². The van der Waals surface area contributed by atoms with Gasteiger partial charge in [0.25, 0.3) is 5.91 Å². The molecule has 5 heteroatoms. The van der Waals surface area contributed by atoms with Crippen molar-refractivity contribution in [1.29, 1.82) is 0 Å². The van der Waals surface area contributed by atoms with Crippen LogP contribution in [0, 0.1) is 0 Å². The van der Waals surface area contributed by atoms with Gasteiger partial charge < -0.3 is 10.6 Å².